The Labute approximate surface area is 219 Å². The molecule has 1 fully saturated rings. The number of halogens is 2. The van der Waals surface area contributed by atoms with Gasteiger partial charge in [-0.15, -0.1) is 0 Å². The van der Waals surface area contributed by atoms with Gasteiger partial charge in [0.25, 0.3) is 5.91 Å². The van der Waals surface area contributed by atoms with Crippen LogP contribution in [0, 0.1) is 0 Å². The van der Waals surface area contributed by atoms with Crippen molar-refractivity contribution in [2.45, 2.75) is 5.75 Å². The molecule has 0 aromatic heterocycles. The molecule has 3 rings (SSSR count). The second-order valence-corrected chi connectivity index (χ2v) is 11.7. The summed E-state index contributed by atoms with van der Waals surface area (Å²) >= 11 is 13.9. The quantitative estimate of drug-likeness (QED) is 0.449. The minimum absolute atomic E-state index is 0.140. The number of hydrogen-bond acceptors (Lipinski definition) is 6. The maximum atomic E-state index is 12.6. The molecule has 0 aliphatic carbocycles. The zero-order valence-electron chi connectivity index (χ0n) is 19.2. The van der Waals surface area contributed by atoms with E-state index in [1.54, 1.807) is 47.0 Å². The van der Waals surface area contributed by atoms with Crippen LogP contribution in [0.5, 0.6) is 0 Å². The molecule has 0 spiro atoms. The molecule has 1 heterocycles. The second kappa shape index (κ2) is 12.8. The summed E-state index contributed by atoms with van der Waals surface area (Å²) in [5.74, 6) is 0.628. The monoisotopic (exact) mass is 559 g/mol. The maximum absolute atomic E-state index is 12.6. The van der Waals surface area contributed by atoms with E-state index >= 15 is 0 Å². The fourth-order valence-corrected chi connectivity index (χ4v) is 5.86. The van der Waals surface area contributed by atoms with Gasteiger partial charge in [-0.2, -0.15) is 11.8 Å². The number of ether oxygens (including phenoxy) is 1. The summed E-state index contributed by atoms with van der Waals surface area (Å²) < 4.78 is 31.0. The van der Waals surface area contributed by atoms with Gasteiger partial charge in [-0.1, -0.05) is 29.3 Å². The predicted octanol–water partition coefficient (Wildman–Crippen LogP) is 3.28. The first-order valence-corrected chi connectivity index (χ1v) is 14.6. The molecule has 2 aromatic rings. The summed E-state index contributed by atoms with van der Waals surface area (Å²) in [7, 11) is -3.72. The number of thioether (sulfide) groups is 1. The van der Waals surface area contributed by atoms with Crippen LogP contribution in [-0.4, -0.2) is 76.5 Å². The van der Waals surface area contributed by atoms with E-state index in [4.69, 9.17) is 27.9 Å². The smallest absolute Gasteiger partial charge is 0.254 e. The Morgan fingerprint density at radius 1 is 1.09 bits per heavy atom. The van der Waals surface area contributed by atoms with Crippen molar-refractivity contribution < 1.29 is 22.7 Å². The van der Waals surface area contributed by atoms with Crippen LogP contribution in [0.2, 0.25) is 10.0 Å². The summed E-state index contributed by atoms with van der Waals surface area (Å²) in [6.45, 7) is 2.01. The van der Waals surface area contributed by atoms with Crippen molar-refractivity contribution in [3.8, 4) is 0 Å². The number of hydrogen-bond donors (Lipinski definition) is 1. The Bertz CT molecular complexity index is 1120. The van der Waals surface area contributed by atoms with Crippen LogP contribution < -0.4 is 9.62 Å². The number of carbonyl (C=O) groups is 2. The van der Waals surface area contributed by atoms with Crippen molar-refractivity contribution in [1.82, 2.24) is 10.2 Å². The summed E-state index contributed by atoms with van der Waals surface area (Å²) in [6, 6.07) is 11.5. The van der Waals surface area contributed by atoms with Crippen LogP contribution >= 0.6 is 35.0 Å². The number of anilines is 1. The Kier molecular flexibility index (Phi) is 10.1. The van der Waals surface area contributed by atoms with Crippen LogP contribution in [0.4, 0.5) is 5.69 Å². The third kappa shape index (κ3) is 8.01. The molecule has 2 aromatic carbocycles. The SMILES string of the molecule is CS(=O)(=O)N(CC(=O)NCCSCc1c(Cl)cccc1Cl)c1ccc(C(=O)N2CCOCC2)cc1. The third-order valence-electron chi connectivity index (χ3n) is 5.26. The van der Waals surface area contributed by atoms with Crippen LogP contribution in [0.15, 0.2) is 42.5 Å². The van der Waals surface area contributed by atoms with Gasteiger partial charge in [0.05, 0.1) is 25.2 Å². The number of nitrogens with zero attached hydrogens (tertiary/aromatic N) is 2. The first kappa shape index (κ1) is 27.6. The summed E-state index contributed by atoms with van der Waals surface area (Å²) in [4.78, 5) is 26.8. The number of nitrogens with one attached hydrogen (secondary N) is 1. The van der Waals surface area contributed by atoms with Crippen molar-refractivity contribution in [3.05, 3.63) is 63.6 Å². The highest BCUT2D eigenvalue weighted by Crippen LogP contribution is 2.28. The number of amides is 2. The largest absolute Gasteiger partial charge is 0.378 e. The number of sulfonamides is 1. The lowest BCUT2D eigenvalue weighted by Crippen LogP contribution is -2.41. The standard InChI is InChI=1S/C23H27Cl2N3O5S2/c1-35(31,32)28(18-7-5-17(6-8-18)23(30)27-10-12-33-13-11-27)15-22(29)26-9-14-34-16-19-20(24)3-2-4-21(19)25/h2-8H,9-16H2,1H3,(H,26,29). The van der Waals surface area contributed by atoms with E-state index in [2.05, 4.69) is 5.32 Å². The van der Waals surface area contributed by atoms with Crippen molar-refractivity contribution in [2.75, 3.05) is 55.7 Å². The van der Waals surface area contributed by atoms with Gasteiger partial charge in [0.1, 0.15) is 6.54 Å². The predicted molar refractivity (Wildman–Crippen MR) is 141 cm³/mol. The van der Waals surface area contributed by atoms with E-state index in [0.29, 0.717) is 65.6 Å². The highest BCUT2D eigenvalue weighted by Gasteiger charge is 2.22. The molecular weight excluding hydrogens is 533 g/mol. The Balaban J connectivity index is 1.53. The molecule has 8 nitrogen and oxygen atoms in total. The van der Waals surface area contributed by atoms with Gasteiger partial charge in [0.15, 0.2) is 0 Å². The molecule has 0 bridgehead atoms. The lowest BCUT2D eigenvalue weighted by atomic mass is 10.1. The van der Waals surface area contributed by atoms with E-state index in [1.165, 1.54) is 12.1 Å². The van der Waals surface area contributed by atoms with Crippen molar-refractivity contribution in [3.63, 3.8) is 0 Å². The van der Waals surface area contributed by atoms with Crippen molar-refractivity contribution >= 4 is 62.5 Å². The van der Waals surface area contributed by atoms with Crippen LogP contribution in [0.3, 0.4) is 0 Å². The van der Waals surface area contributed by atoms with Crippen LogP contribution in [-0.2, 0) is 25.3 Å². The van der Waals surface area contributed by atoms with Gasteiger partial charge in [0.2, 0.25) is 15.9 Å². The molecule has 0 unspecified atom stereocenters. The van der Waals surface area contributed by atoms with E-state index in [9.17, 15) is 18.0 Å². The molecule has 2 amide bonds. The topological polar surface area (TPSA) is 96.0 Å². The summed E-state index contributed by atoms with van der Waals surface area (Å²) in [5.41, 5.74) is 1.60. The molecule has 35 heavy (non-hydrogen) atoms. The Hall–Kier alpha value is -1.98. The zero-order chi connectivity index (χ0) is 25.4. The molecule has 1 saturated heterocycles. The molecule has 1 aliphatic heterocycles. The summed E-state index contributed by atoms with van der Waals surface area (Å²) in [6.07, 6.45) is 1.04. The minimum atomic E-state index is -3.72. The fraction of sp³-hybridized carbons (Fsp3) is 0.391. The summed E-state index contributed by atoms with van der Waals surface area (Å²) in [5, 5.41) is 3.92. The normalized spacial score (nSPS) is 14.0. The van der Waals surface area contributed by atoms with Crippen LogP contribution in [0.1, 0.15) is 15.9 Å². The maximum Gasteiger partial charge on any atom is 0.254 e. The fourth-order valence-electron chi connectivity index (χ4n) is 3.41. The van der Waals surface area contributed by atoms with Gasteiger partial charge in [-0.3, -0.25) is 13.9 Å². The average Bonchev–Trinajstić information content (AvgIpc) is 2.83. The minimum Gasteiger partial charge on any atom is -0.378 e. The number of morpholine rings is 1. The van der Waals surface area contributed by atoms with Gasteiger partial charge >= 0.3 is 0 Å². The van der Waals surface area contributed by atoms with Crippen molar-refractivity contribution in [2.24, 2.45) is 0 Å². The zero-order valence-corrected chi connectivity index (χ0v) is 22.4. The van der Waals surface area contributed by atoms with Gasteiger partial charge in [-0.25, -0.2) is 8.42 Å². The Morgan fingerprint density at radius 3 is 2.31 bits per heavy atom. The molecule has 12 heteroatoms. The van der Waals surface area contributed by atoms with Gasteiger partial charge < -0.3 is 15.0 Å². The van der Waals surface area contributed by atoms with E-state index in [0.717, 1.165) is 16.1 Å². The van der Waals surface area contributed by atoms with Gasteiger partial charge in [0, 0.05) is 46.7 Å². The second-order valence-electron chi connectivity index (χ2n) is 7.82. The molecule has 190 valence electrons. The first-order valence-electron chi connectivity index (χ1n) is 10.9. The molecule has 0 radical (unpaired) electrons. The number of carbonyl (C=O) groups excluding carboxylic acids is 2. The van der Waals surface area contributed by atoms with E-state index < -0.39 is 15.9 Å². The van der Waals surface area contributed by atoms with Gasteiger partial charge in [-0.05, 0) is 42.0 Å². The van der Waals surface area contributed by atoms with Crippen LogP contribution in [0.25, 0.3) is 0 Å². The molecule has 1 N–H and O–H groups in total. The van der Waals surface area contributed by atoms with Crippen molar-refractivity contribution in [1.29, 1.82) is 0 Å². The molecule has 0 saturated carbocycles. The molecule has 0 atom stereocenters. The highest BCUT2D eigenvalue weighted by atomic mass is 35.5. The Morgan fingerprint density at radius 2 is 1.71 bits per heavy atom. The molecule has 1 aliphatic rings. The molecular formula is C23H27Cl2N3O5S2. The highest BCUT2D eigenvalue weighted by molar-refractivity contribution is 7.98. The number of benzene rings is 2. The third-order valence-corrected chi connectivity index (χ3v) is 8.10. The van der Waals surface area contributed by atoms with E-state index in [-0.39, 0.29) is 12.5 Å². The number of rotatable bonds is 10. The lowest BCUT2D eigenvalue weighted by Gasteiger charge is -2.27. The van der Waals surface area contributed by atoms with E-state index in [1.807, 2.05) is 0 Å². The average molecular weight is 561 g/mol. The lowest BCUT2D eigenvalue weighted by molar-refractivity contribution is -0.119. The first-order chi connectivity index (χ1) is 16.7.